The molecular weight excluding hydrogens is 675 g/mol. The number of aryl methyl sites for hydroxylation is 2. The van der Waals surface area contributed by atoms with Gasteiger partial charge in [-0.2, -0.15) is 0 Å². The molecule has 0 saturated carbocycles. The normalized spacial score (nSPS) is 12.5. The molecule has 0 radical (unpaired) electrons. The van der Waals surface area contributed by atoms with Crippen LogP contribution in [-0.2, 0) is 0 Å². The van der Waals surface area contributed by atoms with Gasteiger partial charge >= 0.3 is 0 Å². The van der Waals surface area contributed by atoms with Gasteiger partial charge in [0, 0.05) is 23.9 Å². The number of allylic oxidation sites excluding steroid dienone is 2. The molecule has 0 aliphatic heterocycles. The Kier molecular flexibility index (Phi) is 10.4. The van der Waals surface area contributed by atoms with E-state index in [2.05, 4.69) is 209 Å². The highest BCUT2D eigenvalue weighted by Crippen LogP contribution is 2.43. The predicted octanol–water partition coefficient (Wildman–Crippen LogP) is 15.2. The first-order chi connectivity index (χ1) is 27.4. The molecule has 0 spiro atoms. The third-order valence-corrected chi connectivity index (χ3v) is 11.4. The minimum Gasteiger partial charge on any atom is -0.264 e. The molecule has 0 aliphatic rings. The molecule has 1 aromatic heterocycles. The largest absolute Gasteiger partial charge is 0.264 e. The first-order valence-electron chi connectivity index (χ1n) is 19.6. The van der Waals surface area contributed by atoms with Crippen molar-refractivity contribution < 1.29 is 0 Å². The highest BCUT2D eigenvalue weighted by Gasteiger charge is 2.21. The van der Waals surface area contributed by atoms with Crippen LogP contribution in [0, 0.1) is 13.8 Å². The van der Waals surface area contributed by atoms with Crippen LogP contribution in [0.15, 0.2) is 188 Å². The molecule has 0 bridgehead atoms. The zero-order valence-corrected chi connectivity index (χ0v) is 32.9. The predicted molar refractivity (Wildman–Crippen MR) is 241 cm³/mol. The standard InChI is InChI=1S/C55H47N/c1-6-17-52-40(5)51-26-14-13-22-46(51)35-54(52)49-31-48(47-25-16-29-56-36-47)32-50(33-49)55(53-34-45(28-27-37(53)2)42-20-11-8-12-21-42)39(4)38(3)43-23-15-24-44(30-43)41-18-9-7-10-19-41/h6-36,38H,1-5H3/b17-6-,55-39+. The van der Waals surface area contributed by atoms with Crippen molar-refractivity contribution in [3.05, 3.63) is 221 Å². The summed E-state index contributed by atoms with van der Waals surface area (Å²) in [5.41, 5.74) is 19.6. The van der Waals surface area contributed by atoms with Crippen LogP contribution < -0.4 is 0 Å². The second-order valence-electron chi connectivity index (χ2n) is 14.9. The summed E-state index contributed by atoms with van der Waals surface area (Å²) in [7, 11) is 0. The molecule has 0 N–H and O–H groups in total. The van der Waals surface area contributed by atoms with Gasteiger partial charge in [0.2, 0.25) is 0 Å². The molecule has 7 aromatic carbocycles. The summed E-state index contributed by atoms with van der Waals surface area (Å²) in [6, 6.07) is 59.9. The van der Waals surface area contributed by atoms with E-state index < -0.39 is 0 Å². The van der Waals surface area contributed by atoms with E-state index in [0.29, 0.717) is 0 Å². The number of nitrogens with zero attached hydrogens (tertiary/aromatic N) is 1. The van der Waals surface area contributed by atoms with E-state index >= 15 is 0 Å². The van der Waals surface area contributed by atoms with Crippen molar-refractivity contribution in [2.75, 3.05) is 0 Å². The maximum atomic E-state index is 4.57. The van der Waals surface area contributed by atoms with Crippen LogP contribution in [-0.4, -0.2) is 4.98 Å². The number of hydrogen-bond acceptors (Lipinski definition) is 1. The average Bonchev–Trinajstić information content (AvgIpc) is 3.26. The first kappa shape index (κ1) is 36.4. The number of hydrogen-bond donors (Lipinski definition) is 0. The fourth-order valence-electron chi connectivity index (χ4n) is 8.17. The molecule has 1 heteroatoms. The van der Waals surface area contributed by atoms with Gasteiger partial charge in [-0.15, -0.1) is 0 Å². The van der Waals surface area contributed by atoms with E-state index in [4.69, 9.17) is 0 Å². The van der Waals surface area contributed by atoms with Crippen molar-refractivity contribution in [3.63, 3.8) is 0 Å². The molecule has 56 heavy (non-hydrogen) atoms. The van der Waals surface area contributed by atoms with Crippen molar-refractivity contribution in [2.45, 2.75) is 40.5 Å². The number of fused-ring (bicyclic) bond motifs is 1. The van der Waals surface area contributed by atoms with E-state index in [9.17, 15) is 0 Å². The average molecular weight is 722 g/mol. The van der Waals surface area contributed by atoms with E-state index in [1.54, 1.807) is 0 Å². The Morgan fingerprint density at radius 1 is 0.571 bits per heavy atom. The van der Waals surface area contributed by atoms with Crippen LogP contribution in [0.5, 0.6) is 0 Å². The van der Waals surface area contributed by atoms with Crippen LogP contribution in [0.2, 0.25) is 0 Å². The third-order valence-electron chi connectivity index (χ3n) is 11.4. The highest BCUT2D eigenvalue weighted by atomic mass is 14.6. The fourth-order valence-corrected chi connectivity index (χ4v) is 8.17. The van der Waals surface area contributed by atoms with E-state index in [0.717, 1.165) is 11.1 Å². The summed E-state index contributed by atoms with van der Waals surface area (Å²) in [4.78, 5) is 4.57. The van der Waals surface area contributed by atoms with Crippen LogP contribution in [0.4, 0.5) is 0 Å². The van der Waals surface area contributed by atoms with Gasteiger partial charge in [0.15, 0.2) is 0 Å². The Labute approximate surface area is 332 Å². The summed E-state index contributed by atoms with van der Waals surface area (Å²) >= 11 is 0. The fraction of sp³-hybridized carbons (Fsp3) is 0.109. The number of pyridine rings is 1. The van der Waals surface area contributed by atoms with Crippen LogP contribution in [0.25, 0.3) is 66.9 Å². The maximum Gasteiger partial charge on any atom is 0.0346 e. The van der Waals surface area contributed by atoms with E-state index in [-0.39, 0.29) is 5.92 Å². The third kappa shape index (κ3) is 7.29. The van der Waals surface area contributed by atoms with Gasteiger partial charge in [0.05, 0.1) is 0 Å². The van der Waals surface area contributed by atoms with Crippen molar-refractivity contribution in [1.29, 1.82) is 0 Å². The zero-order valence-electron chi connectivity index (χ0n) is 32.9. The molecular formula is C55H47N. The second kappa shape index (κ2) is 16.0. The Bertz CT molecular complexity index is 2720. The SMILES string of the molecule is C/C=C\c1c(-c2cc(/C(=C(/C)C(C)c3cccc(-c4ccccc4)c3)c3cc(-c4ccccc4)ccc3C)cc(-c3cccnc3)c2)cc2ccccc2c1C. The number of aromatic nitrogens is 1. The number of rotatable bonds is 9. The molecule has 1 nitrogen and oxygen atoms in total. The lowest BCUT2D eigenvalue weighted by molar-refractivity contribution is 0.897. The molecule has 8 rings (SSSR count). The van der Waals surface area contributed by atoms with Crippen LogP contribution in [0.1, 0.15) is 60.1 Å². The van der Waals surface area contributed by atoms with Crippen molar-refractivity contribution in [2.24, 2.45) is 0 Å². The summed E-state index contributed by atoms with van der Waals surface area (Å²) in [5, 5.41) is 2.52. The summed E-state index contributed by atoms with van der Waals surface area (Å²) in [6.45, 7) is 11.3. The molecule has 0 fully saturated rings. The van der Waals surface area contributed by atoms with Gasteiger partial charge in [0.1, 0.15) is 0 Å². The van der Waals surface area contributed by atoms with Crippen LogP contribution >= 0.6 is 0 Å². The summed E-state index contributed by atoms with van der Waals surface area (Å²) in [5.74, 6) is 0.139. The molecule has 1 unspecified atom stereocenters. The lowest BCUT2D eigenvalue weighted by Crippen LogP contribution is -2.04. The van der Waals surface area contributed by atoms with Crippen molar-refractivity contribution in [3.8, 4) is 44.5 Å². The molecule has 0 aliphatic carbocycles. The van der Waals surface area contributed by atoms with Crippen molar-refractivity contribution in [1.82, 2.24) is 4.98 Å². The monoisotopic (exact) mass is 721 g/mol. The van der Waals surface area contributed by atoms with Crippen molar-refractivity contribution >= 4 is 22.4 Å². The topological polar surface area (TPSA) is 12.9 Å². The number of benzene rings is 7. The molecule has 272 valence electrons. The lowest BCUT2D eigenvalue weighted by Gasteiger charge is -2.24. The Balaban J connectivity index is 1.42. The Morgan fingerprint density at radius 3 is 1.95 bits per heavy atom. The molecule has 8 aromatic rings. The van der Waals surface area contributed by atoms with E-state index in [1.165, 1.54) is 88.7 Å². The van der Waals surface area contributed by atoms with Gasteiger partial charge in [-0.05, 0) is 153 Å². The summed E-state index contributed by atoms with van der Waals surface area (Å²) < 4.78 is 0. The molecule has 0 amide bonds. The summed E-state index contributed by atoms with van der Waals surface area (Å²) in [6.07, 6.45) is 8.26. The minimum absolute atomic E-state index is 0.139. The molecule has 0 saturated heterocycles. The molecule has 1 heterocycles. The Hall–Kier alpha value is -6.57. The van der Waals surface area contributed by atoms with Crippen LogP contribution in [0.3, 0.4) is 0 Å². The van der Waals surface area contributed by atoms with E-state index in [1.807, 2.05) is 18.5 Å². The van der Waals surface area contributed by atoms with Gasteiger partial charge in [-0.1, -0.05) is 152 Å². The molecule has 1 atom stereocenters. The van der Waals surface area contributed by atoms with Gasteiger partial charge < -0.3 is 0 Å². The Morgan fingerprint density at radius 2 is 1.23 bits per heavy atom. The van der Waals surface area contributed by atoms with Gasteiger partial charge in [-0.3, -0.25) is 4.98 Å². The maximum absolute atomic E-state index is 4.57. The quantitative estimate of drug-likeness (QED) is 0.145. The smallest absolute Gasteiger partial charge is 0.0346 e. The zero-order chi connectivity index (χ0) is 38.6. The minimum atomic E-state index is 0.139. The highest BCUT2D eigenvalue weighted by molar-refractivity contribution is 5.97. The van der Waals surface area contributed by atoms with Gasteiger partial charge in [0.25, 0.3) is 0 Å². The first-order valence-corrected chi connectivity index (χ1v) is 19.6. The second-order valence-corrected chi connectivity index (χ2v) is 14.9. The lowest BCUT2D eigenvalue weighted by atomic mass is 9.80. The van der Waals surface area contributed by atoms with Gasteiger partial charge in [-0.25, -0.2) is 0 Å².